The van der Waals surface area contributed by atoms with E-state index in [1.807, 2.05) is 13.8 Å². The van der Waals surface area contributed by atoms with Crippen molar-refractivity contribution in [2.24, 2.45) is 10.8 Å². The van der Waals surface area contributed by atoms with E-state index in [0.29, 0.717) is 12.3 Å². The van der Waals surface area contributed by atoms with Crippen LogP contribution in [0.4, 0.5) is 0 Å². The molecule has 0 saturated heterocycles. The second-order valence-corrected chi connectivity index (χ2v) is 14.7. The zero-order valence-electron chi connectivity index (χ0n) is 16.1. The number of rotatable bonds is 1. The summed E-state index contributed by atoms with van der Waals surface area (Å²) in [5.74, 6) is 0. The van der Waals surface area contributed by atoms with Crippen molar-refractivity contribution in [2.75, 3.05) is 12.3 Å². The molecule has 0 amide bonds. The Kier molecular flexibility index (Phi) is 2.96. The fourth-order valence-corrected chi connectivity index (χ4v) is 15.1. The smallest absolute Gasteiger partial charge is 0.141 e. The first-order valence-electron chi connectivity index (χ1n) is 8.85. The Morgan fingerprint density at radius 2 is 0.917 bits per heavy atom. The molecule has 2 unspecified atom stereocenters. The molecule has 4 atom stereocenters. The molecule has 4 aliphatic rings. The minimum Gasteiger partial charge on any atom is -0.314 e. The first kappa shape index (κ1) is 16.9. The van der Waals surface area contributed by atoms with Crippen LogP contribution in [0.15, 0.2) is 43.5 Å². The Bertz CT molecular complexity index is 878. The van der Waals surface area contributed by atoms with Crippen LogP contribution in [0.1, 0.15) is 55.4 Å². The maximum Gasteiger partial charge on any atom is 0.141 e. The molecule has 0 aromatic rings. The highest BCUT2D eigenvalue weighted by Crippen LogP contribution is 2.88. The number of fused-ring (bicyclic) bond motifs is 4. The Hall–Kier alpha value is -0.580. The Labute approximate surface area is 145 Å². The van der Waals surface area contributed by atoms with Gasteiger partial charge in [0.1, 0.15) is 14.3 Å². The van der Waals surface area contributed by atoms with Gasteiger partial charge in [-0.2, -0.15) is 0 Å². The first-order valence-corrected chi connectivity index (χ1v) is 12.6. The molecular formula is C20H28O2P2. The Morgan fingerprint density at radius 1 is 0.625 bits per heavy atom. The lowest BCUT2D eigenvalue weighted by molar-refractivity contribution is 0.549. The molecule has 4 heterocycles. The van der Waals surface area contributed by atoms with E-state index in [4.69, 9.17) is 0 Å². The average Bonchev–Trinajstić information content (AvgIpc) is 2.98. The minimum absolute atomic E-state index is 0.0993. The van der Waals surface area contributed by atoms with Gasteiger partial charge in [0.25, 0.3) is 0 Å². The predicted molar refractivity (Wildman–Crippen MR) is 103 cm³/mol. The van der Waals surface area contributed by atoms with Gasteiger partial charge in [0.2, 0.25) is 0 Å². The van der Waals surface area contributed by atoms with Crippen molar-refractivity contribution in [1.82, 2.24) is 0 Å². The highest BCUT2D eigenvalue weighted by Gasteiger charge is 2.63. The lowest BCUT2D eigenvalue weighted by Crippen LogP contribution is -2.19. The van der Waals surface area contributed by atoms with Crippen molar-refractivity contribution >= 4 is 14.3 Å². The second-order valence-electron chi connectivity index (χ2n) is 8.83. The molecule has 0 fully saturated rings. The normalized spacial score (nSPS) is 47.2. The van der Waals surface area contributed by atoms with E-state index >= 15 is 0 Å². The van der Waals surface area contributed by atoms with E-state index < -0.39 is 14.3 Å². The SMILES string of the molecule is CC1=C(C)P2(=O)C[C@]1(C)C(C)=C2C1=C(C)[C@]2(C)CP1(=O)C(C)=C2C. The molecule has 0 aromatic carbocycles. The zero-order valence-corrected chi connectivity index (χ0v) is 17.9. The van der Waals surface area contributed by atoms with E-state index in [0.717, 1.165) is 21.3 Å². The van der Waals surface area contributed by atoms with Crippen LogP contribution in [0.3, 0.4) is 0 Å². The maximum absolute atomic E-state index is 14.1. The van der Waals surface area contributed by atoms with E-state index in [1.165, 1.54) is 22.3 Å². The van der Waals surface area contributed by atoms with E-state index in [1.54, 1.807) is 0 Å². The van der Waals surface area contributed by atoms with Crippen LogP contribution >= 0.6 is 14.3 Å². The molecule has 4 heteroatoms. The van der Waals surface area contributed by atoms with Crippen LogP contribution in [0.5, 0.6) is 0 Å². The van der Waals surface area contributed by atoms with Crippen molar-refractivity contribution in [3.8, 4) is 0 Å². The van der Waals surface area contributed by atoms with Crippen LogP contribution in [0, 0.1) is 10.8 Å². The number of hydrogen-bond donors (Lipinski definition) is 0. The summed E-state index contributed by atoms with van der Waals surface area (Å²) in [5.41, 5.74) is 4.80. The fourth-order valence-electron chi connectivity index (χ4n) is 5.76. The molecule has 2 nitrogen and oxygen atoms in total. The van der Waals surface area contributed by atoms with Crippen molar-refractivity contribution in [1.29, 1.82) is 0 Å². The molecule has 130 valence electrons. The molecule has 0 spiro atoms. The van der Waals surface area contributed by atoms with E-state index in [2.05, 4.69) is 41.5 Å². The third kappa shape index (κ3) is 1.42. The molecule has 24 heavy (non-hydrogen) atoms. The highest BCUT2D eigenvalue weighted by molar-refractivity contribution is 7.79. The van der Waals surface area contributed by atoms with Crippen LogP contribution in [0.25, 0.3) is 0 Å². The van der Waals surface area contributed by atoms with Gasteiger partial charge in [-0.25, -0.2) is 0 Å². The Morgan fingerprint density at radius 3 is 1.17 bits per heavy atom. The van der Waals surface area contributed by atoms with Crippen molar-refractivity contribution < 1.29 is 9.13 Å². The third-order valence-corrected chi connectivity index (χ3v) is 15.9. The summed E-state index contributed by atoms with van der Waals surface area (Å²) in [6, 6.07) is 0. The average molecular weight is 362 g/mol. The summed E-state index contributed by atoms with van der Waals surface area (Å²) in [6.07, 6.45) is 1.43. The van der Waals surface area contributed by atoms with Gasteiger partial charge in [0.15, 0.2) is 0 Å². The Balaban J connectivity index is 2.05. The van der Waals surface area contributed by atoms with E-state index in [9.17, 15) is 9.13 Å². The van der Waals surface area contributed by atoms with Crippen LogP contribution in [-0.2, 0) is 9.13 Å². The molecule has 0 radical (unpaired) electrons. The second kappa shape index (κ2) is 4.21. The molecular weight excluding hydrogens is 334 g/mol. The fraction of sp³-hybridized carbons (Fsp3) is 0.600. The summed E-state index contributed by atoms with van der Waals surface area (Å²) in [7, 11) is -5.17. The predicted octanol–water partition coefficient (Wildman–Crippen LogP) is 6.92. The zero-order chi connectivity index (χ0) is 18.0. The van der Waals surface area contributed by atoms with Gasteiger partial charge >= 0.3 is 0 Å². The first-order chi connectivity index (χ1) is 10.9. The topological polar surface area (TPSA) is 34.1 Å². The van der Waals surface area contributed by atoms with Crippen molar-refractivity contribution in [3.05, 3.63) is 43.5 Å². The molecule has 0 aliphatic carbocycles. The van der Waals surface area contributed by atoms with Gasteiger partial charge in [0, 0.05) is 33.8 Å². The summed E-state index contributed by atoms with van der Waals surface area (Å²) in [6.45, 7) is 17.1. The lowest BCUT2D eigenvalue weighted by Gasteiger charge is -2.32. The molecule has 4 rings (SSSR count). The molecule has 0 aromatic heterocycles. The quantitative estimate of drug-likeness (QED) is 0.475. The van der Waals surface area contributed by atoms with Crippen LogP contribution in [-0.4, -0.2) is 12.3 Å². The van der Waals surface area contributed by atoms with Crippen LogP contribution < -0.4 is 0 Å². The number of allylic oxidation sites excluding steroid dienone is 8. The maximum atomic E-state index is 14.1. The van der Waals surface area contributed by atoms with Gasteiger partial charge in [0.05, 0.1) is 0 Å². The summed E-state index contributed by atoms with van der Waals surface area (Å²) in [5, 5.41) is 4.16. The molecule has 0 saturated carbocycles. The van der Waals surface area contributed by atoms with Crippen molar-refractivity contribution in [2.45, 2.75) is 55.4 Å². The van der Waals surface area contributed by atoms with Crippen molar-refractivity contribution in [3.63, 3.8) is 0 Å². The lowest BCUT2D eigenvalue weighted by atomic mass is 9.76. The molecule has 4 aliphatic heterocycles. The largest absolute Gasteiger partial charge is 0.314 e. The van der Waals surface area contributed by atoms with Gasteiger partial charge < -0.3 is 9.13 Å². The standard InChI is InChI=1S/C20H28O2P2/c1-11-15(5)23(21)9-19(11,7)13(3)17(23)18-14(4)20(8)10-24(18,22)16(6)12(20)2/h9-10H2,1-8H3/t19-,20+,23?,24?. The highest BCUT2D eigenvalue weighted by atomic mass is 31.2. The molecule has 0 N–H and O–H groups in total. The van der Waals surface area contributed by atoms with Gasteiger partial charge in [-0.1, -0.05) is 36.1 Å². The summed E-state index contributed by atoms with van der Waals surface area (Å²) >= 11 is 0. The van der Waals surface area contributed by atoms with Gasteiger partial charge in [-0.15, -0.1) is 0 Å². The van der Waals surface area contributed by atoms with Gasteiger partial charge in [-0.3, -0.25) is 0 Å². The summed E-state index contributed by atoms with van der Waals surface area (Å²) in [4.78, 5) is 0. The number of hydrogen-bond acceptors (Lipinski definition) is 2. The molecule has 4 bridgehead atoms. The summed E-state index contributed by atoms with van der Waals surface area (Å²) < 4.78 is 28.1. The van der Waals surface area contributed by atoms with Crippen LogP contribution in [0.2, 0.25) is 0 Å². The monoisotopic (exact) mass is 362 g/mol. The van der Waals surface area contributed by atoms with Gasteiger partial charge in [-0.05, 0) is 52.2 Å². The third-order valence-electron chi connectivity index (χ3n) is 8.21. The minimum atomic E-state index is -2.58. The van der Waals surface area contributed by atoms with E-state index in [-0.39, 0.29) is 10.8 Å².